The first kappa shape index (κ1) is 14.1. The fourth-order valence-electron chi connectivity index (χ4n) is 2.69. The van der Waals surface area contributed by atoms with Crippen molar-refractivity contribution in [3.63, 3.8) is 0 Å². The van der Waals surface area contributed by atoms with E-state index in [1.165, 1.54) is 0 Å². The average molecular weight is 270 g/mol. The lowest BCUT2D eigenvalue weighted by Crippen LogP contribution is -2.58. The lowest BCUT2D eigenvalue weighted by atomic mass is 9.95. The number of carboxylic acids is 1. The van der Waals surface area contributed by atoms with Crippen LogP contribution < -0.4 is 5.32 Å². The van der Waals surface area contributed by atoms with E-state index in [0.717, 1.165) is 6.42 Å². The molecular formula is C13H22N2O4. The lowest BCUT2D eigenvalue weighted by molar-refractivity contribution is -0.144. The normalized spacial score (nSPS) is 30.9. The van der Waals surface area contributed by atoms with Crippen molar-refractivity contribution in [3.8, 4) is 0 Å². The number of hydrogen-bond acceptors (Lipinski definition) is 3. The molecular weight excluding hydrogens is 248 g/mol. The van der Waals surface area contributed by atoms with Gasteiger partial charge in [-0.2, -0.15) is 0 Å². The van der Waals surface area contributed by atoms with Gasteiger partial charge in [-0.3, -0.25) is 0 Å². The van der Waals surface area contributed by atoms with E-state index < -0.39 is 11.5 Å². The first-order valence-electron chi connectivity index (χ1n) is 6.83. The van der Waals surface area contributed by atoms with E-state index in [-0.39, 0.29) is 12.6 Å². The third-order valence-corrected chi connectivity index (χ3v) is 4.23. The highest BCUT2D eigenvalue weighted by molar-refractivity contribution is 5.86. The number of aliphatic carboxylic acids is 1. The van der Waals surface area contributed by atoms with Gasteiger partial charge in [-0.15, -0.1) is 0 Å². The van der Waals surface area contributed by atoms with Crippen molar-refractivity contribution >= 4 is 12.0 Å². The number of hydrogen-bond donors (Lipinski definition) is 2. The molecule has 0 aromatic rings. The zero-order chi connectivity index (χ0) is 14.0. The number of urea groups is 1. The second-order valence-electron chi connectivity index (χ2n) is 5.86. The van der Waals surface area contributed by atoms with Crippen LogP contribution in [0.1, 0.15) is 26.7 Å². The molecule has 2 atom stereocenters. The summed E-state index contributed by atoms with van der Waals surface area (Å²) in [5.74, 6) is 0.0327. The Morgan fingerprint density at radius 2 is 2.21 bits per heavy atom. The van der Waals surface area contributed by atoms with Crippen LogP contribution >= 0.6 is 0 Å². The summed E-state index contributed by atoms with van der Waals surface area (Å²) < 4.78 is 5.13. The van der Waals surface area contributed by atoms with Gasteiger partial charge in [0.1, 0.15) is 0 Å². The summed E-state index contributed by atoms with van der Waals surface area (Å²) in [6.45, 7) is 6.13. The first-order chi connectivity index (χ1) is 8.94. The van der Waals surface area contributed by atoms with Gasteiger partial charge in [0.25, 0.3) is 0 Å². The van der Waals surface area contributed by atoms with Crippen molar-refractivity contribution in [2.24, 2.45) is 11.8 Å². The van der Waals surface area contributed by atoms with Crippen molar-refractivity contribution < 1.29 is 19.4 Å². The molecule has 0 bridgehead atoms. The van der Waals surface area contributed by atoms with E-state index in [1.54, 1.807) is 4.90 Å². The van der Waals surface area contributed by atoms with Gasteiger partial charge in [0.15, 0.2) is 5.54 Å². The quantitative estimate of drug-likeness (QED) is 0.799. The van der Waals surface area contributed by atoms with Gasteiger partial charge in [0.2, 0.25) is 0 Å². The Labute approximate surface area is 113 Å². The highest BCUT2D eigenvalue weighted by Gasteiger charge is 2.45. The Morgan fingerprint density at radius 3 is 2.68 bits per heavy atom. The molecule has 0 aliphatic carbocycles. The van der Waals surface area contributed by atoms with E-state index in [4.69, 9.17) is 4.74 Å². The molecule has 0 radical (unpaired) electrons. The molecule has 2 rings (SSSR count). The Bertz CT molecular complexity index is 364. The number of ether oxygens (including phenoxy) is 1. The van der Waals surface area contributed by atoms with Gasteiger partial charge >= 0.3 is 12.0 Å². The average Bonchev–Trinajstić information content (AvgIpc) is 2.97. The number of carbonyl (C=O) groups excluding carboxylic acids is 1. The lowest BCUT2D eigenvalue weighted by Gasteiger charge is -2.27. The third-order valence-electron chi connectivity index (χ3n) is 4.23. The second kappa shape index (κ2) is 5.36. The van der Waals surface area contributed by atoms with Crippen LogP contribution in [-0.2, 0) is 9.53 Å². The Balaban J connectivity index is 1.96. The minimum atomic E-state index is -1.24. The van der Waals surface area contributed by atoms with Crippen LogP contribution in [0.4, 0.5) is 4.79 Å². The number of likely N-dealkylation sites (tertiary alicyclic amines) is 1. The molecule has 2 unspecified atom stereocenters. The van der Waals surface area contributed by atoms with Gasteiger partial charge in [-0.05, 0) is 18.3 Å². The predicted molar refractivity (Wildman–Crippen MR) is 68.9 cm³/mol. The molecule has 0 aromatic carbocycles. The molecule has 2 amide bonds. The van der Waals surface area contributed by atoms with Crippen molar-refractivity contribution in [1.29, 1.82) is 0 Å². The number of amides is 2. The fourth-order valence-corrected chi connectivity index (χ4v) is 2.69. The summed E-state index contributed by atoms with van der Waals surface area (Å²) >= 11 is 0. The van der Waals surface area contributed by atoms with Crippen molar-refractivity contribution in [3.05, 3.63) is 0 Å². The van der Waals surface area contributed by atoms with Gasteiger partial charge in [0.05, 0.1) is 6.61 Å². The van der Waals surface area contributed by atoms with Crippen molar-refractivity contribution in [1.82, 2.24) is 10.2 Å². The highest BCUT2D eigenvalue weighted by atomic mass is 16.5. The number of carboxylic acid groups (broad SMARTS) is 1. The minimum absolute atomic E-state index is 0.0511. The Kier molecular flexibility index (Phi) is 3.99. The minimum Gasteiger partial charge on any atom is -0.479 e. The second-order valence-corrected chi connectivity index (χ2v) is 5.86. The van der Waals surface area contributed by atoms with Crippen molar-refractivity contribution in [2.45, 2.75) is 32.2 Å². The largest absolute Gasteiger partial charge is 0.479 e. The zero-order valence-electron chi connectivity index (χ0n) is 11.5. The fraction of sp³-hybridized carbons (Fsp3) is 0.846. The molecule has 0 aromatic heterocycles. The van der Waals surface area contributed by atoms with E-state index in [2.05, 4.69) is 19.2 Å². The van der Waals surface area contributed by atoms with Gasteiger partial charge in [-0.25, -0.2) is 9.59 Å². The van der Waals surface area contributed by atoms with E-state index in [0.29, 0.717) is 38.0 Å². The molecule has 2 aliphatic rings. The Morgan fingerprint density at radius 1 is 1.47 bits per heavy atom. The predicted octanol–water partition coefficient (Wildman–Crippen LogP) is 0.918. The third kappa shape index (κ3) is 2.83. The van der Waals surface area contributed by atoms with Crippen LogP contribution in [0.3, 0.4) is 0 Å². The molecule has 6 nitrogen and oxygen atoms in total. The summed E-state index contributed by atoms with van der Waals surface area (Å²) in [6.07, 6.45) is 1.32. The van der Waals surface area contributed by atoms with Crippen molar-refractivity contribution in [2.75, 3.05) is 26.3 Å². The molecule has 2 heterocycles. The number of nitrogens with one attached hydrogen (secondary N) is 1. The van der Waals surface area contributed by atoms with Crippen LogP contribution in [0.15, 0.2) is 0 Å². The van der Waals surface area contributed by atoms with Gasteiger partial charge in [-0.1, -0.05) is 13.8 Å². The molecule has 6 heteroatoms. The van der Waals surface area contributed by atoms with Gasteiger partial charge in [0, 0.05) is 26.1 Å². The number of nitrogens with zero attached hydrogens (tertiary/aromatic N) is 1. The number of carbonyl (C=O) groups is 2. The maximum Gasteiger partial charge on any atom is 0.332 e. The highest BCUT2D eigenvalue weighted by Crippen LogP contribution is 2.25. The topological polar surface area (TPSA) is 78.9 Å². The SMILES string of the molecule is CC(C)C1CCN(C(=O)NC2(C(=O)O)CCOC2)C1. The molecule has 2 saturated heterocycles. The van der Waals surface area contributed by atoms with Crippen LogP contribution in [-0.4, -0.2) is 53.8 Å². The number of rotatable bonds is 3. The summed E-state index contributed by atoms with van der Waals surface area (Å²) in [6, 6.07) is -0.281. The van der Waals surface area contributed by atoms with E-state index in [1.807, 2.05) is 0 Å². The molecule has 19 heavy (non-hydrogen) atoms. The summed E-state index contributed by atoms with van der Waals surface area (Å²) in [4.78, 5) is 25.2. The van der Waals surface area contributed by atoms with Crippen LogP contribution in [0.2, 0.25) is 0 Å². The summed E-state index contributed by atoms with van der Waals surface area (Å²) in [5.41, 5.74) is -1.24. The van der Waals surface area contributed by atoms with Crippen LogP contribution in [0.25, 0.3) is 0 Å². The van der Waals surface area contributed by atoms with Crippen LogP contribution in [0, 0.1) is 11.8 Å². The smallest absolute Gasteiger partial charge is 0.332 e. The maximum atomic E-state index is 12.2. The molecule has 0 saturated carbocycles. The van der Waals surface area contributed by atoms with E-state index in [9.17, 15) is 14.7 Å². The summed E-state index contributed by atoms with van der Waals surface area (Å²) in [7, 11) is 0. The monoisotopic (exact) mass is 270 g/mol. The molecule has 2 fully saturated rings. The standard InChI is InChI=1S/C13H22N2O4/c1-9(2)10-3-5-15(7-10)12(18)14-13(11(16)17)4-6-19-8-13/h9-10H,3-8H2,1-2H3,(H,14,18)(H,16,17). The molecule has 2 aliphatic heterocycles. The van der Waals surface area contributed by atoms with Gasteiger partial charge < -0.3 is 20.1 Å². The first-order valence-corrected chi connectivity index (χ1v) is 6.83. The zero-order valence-corrected chi connectivity index (χ0v) is 11.5. The molecule has 0 spiro atoms. The Hall–Kier alpha value is -1.30. The molecule has 108 valence electrons. The maximum absolute atomic E-state index is 12.2. The van der Waals surface area contributed by atoms with E-state index >= 15 is 0 Å². The molecule has 2 N–H and O–H groups in total. The summed E-state index contributed by atoms with van der Waals surface area (Å²) in [5, 5.41) is 11.9. The van der Waals surface area contributed by atoms with Crippen LogP contribution in [0.5, 0.6) is 0 Å².